The highest BCUT2D eigenvalue weighted by molar-refractivity contribution is 5.98. The Balaban J connectivity index is 1.29. The zero-order valence-corrected chi connectivity index (χ0v) is 19.7. The molecule has 11 heteroatoms. The van der Waals surface area contributed by atoms with Crippen LogP contribution in [0.4, 0.5) is 0 Å². The van der Waals surface area contributed by atoms with E-state index in [1.54, 1.807) is 42.5 Å². The van der Waals surface area contributed by atoms with E-state index in [9.17, 15) is 14.4 Å². The van der Waals surface area contributed by atoms with Crippen molar-refractivity contribution in [2.24, 2.45) is 0 Å². The predicted octanol–water partition coefficient (Wildman–Crippen LogP) is 0.741. The summed E-state index contributed by atoms with van der Waals surface area (Å²) in [5.41, 5.74) is 1.16. The average Bonchev–Trinajstić information content (AvgIpc) is 3.58. The van der Waals surface area contributed by atoms with Crippen LogP contribution in [-0.2, 0) is 9.53 Å². The minimum atomic E-state index is -0.292. The van der Waals surface area contributed by atoms with Crippen LogP contribution in [0.1, 0.15) is 46.7 Å². The average molecular weight is 483 g/mol. The zero-order valence-electron chi connectivity index (χ0n) is 19.7. The van der Waals surface area contributed by atoms with Crippen molar-refractivity contribution in [1.82, 2.24) is 30.4 Å². The van der Waals surface area contributed by atoms with Gasteiger partial charge in [0.05, 0.1) is 25.9 Å². The van der Waals surface area contributed by atoms with Crippen LogP contribution in [-0.4, -0.2) is 89.6 Å². The van der Waals surface area contributed by atoms with Crippen molar-refractivity contribution in [1.29, 1.82) is 0 Å². The quantitative estimate of drug-likeness (QED) is 0.598. The SMILES string of the molecule is COc1ccc(-n2nc(C(=O)NC3CC3)cc2C(=O)NC2CCN(N3CCOCC3=O)CC2)cc1. The Bertz CT molecular complexity index is 1090. The number of piperidine rings is 1. The number of nitrogens with one attached hydrogen (secondary N) is 2. The summed E-state index contributed by atoms with van der Waals surface area (Å²) < 4.78 is 11.9. The minimum Gasteiger partial charge on any atom is -0.497 e. The molecule has 1 saturated carbocycles. The molecule has 3 aliphatic rings. The number of carbonyl (C=O) groups excluding carboxylic acids is 3. The smallest absolute Gasteiger partial charge is 0.272 e. The number of amides is 3. The number of hydrogen-bond acceptors (Lipinski definition) is 7. The molecule has 1 aliphatic carbocycles. The number of hydrogen-bond donors (Lipinski definition) is 2. The van der Waals surface area contributed by atoms with E-state index >= 15 is 0 Å². The number of methoxy groups -OCH3 is 1. The van der Waals surface area contributed by atoms with E-state index in [1.165, 1.54) is 4.68 Å². The molecule has 0 spiro atoms. The molecule has 186 valence electrons. The van der Waals surface area contributed by atoms with Gasteiger partial charge in [0.15, 0.2) is 5.69 Å². The Morgan fingerprint density at radius 3 is 2.34 bits per heavy atom. The largest absolute Gasteiger partial charge is 0.497 e. The van der Waals surface area contributed by atoms with E-state index < -0.39 is 0 Å². The second-order valence-electron chi connectivity index (χ2n) is 9.04. The van der Waals surface area contributed by atoms with Gasteiger partial charge in [0.25, 0.3) is 17.7 Å². The molecule has 3 amide bonds. The number of morpholine rings is 1. The summed E-state index contributed by atoms with van der Waals surface area (Å²) in [6.07, 6.45) is 3.35. The Morgan fingerprint density at radius 1 is 1.00 bits per heavy atom. The van der Waals surface area contributed by atoms with E-state index in [2.05, 4.69) is 15.7 Å². The summed E-state index contributed by atoms with van der Waals surface area (Å²) in [6.45, 7) is 2.55. The number of ether oxygens (including phenoxy) is 2. The third-order valence-electron chi connectivity index (χ3n) is 6.51. The molecule has 2 aromatic rings. The first-order valence-corrected chi connectivity index (χ1v) is 12.0. The first-order valence-electron chi connectivity index (χ1n) is 12.0. The third-order valence-corrected chi connectivity index (χ3v) is 6.51. The summed E-state index contributed by atoms with van der Waals surface area (Å²) in [6, 6.07) is 8.84. The molecule has 2 aliphatic heterocycles. The monoisotopic (exact) mass is 482 g/mol. The third kappa shape index (κ3) is 5.30. The maximum Gasteiger partial charge on any atom is 0.272 e. The summed E-state index contributed by atoms with van der Waals surface area (Å²) in [5, 5.41) is 14.3. The molecule has 0 bridgehead atoms. The van der Waals surface area contributed by atoms with E-state index in [0.29, 0.717) is 56.2 Å². The molecule has 3 fully saturated rings. The van der Waals surface area contributed by atoms with Gasteiger partial charge in [-0.1, -0.05) is 0 Å². The van der Waals surface area contributed by atoms with Gasteiger partial charge in [-0.3, -0.25) is 19.4 Å². The van der Waals surface area contributed by atoms with Crippen molar-refractivity contribution in [2.75, 3.05) is 40.0 Å². The summed E-state index contributed by atoms with van der Waals surface area (Å²) in [7, 11) is 1.59. The first-order chi connectivity index (χ1) is 17.0. The van der Waals surface area contributed by atoms with Crippen molar-refractivity contribution in [3.63, 3.8) is 0 Å². The molecule has 0 unspecified atom stereocenters. The van der Waals surface area contributed by atoms with Gasteiger partial charge in [-0.25, -0.2) is 9.69 Å². The van der Waals surface area contributed by atoms with Crippen LogP contribution in [0.25, 0.3) is 5.69 Å². The molecular weight excluding hydrogens is 452 g/mol. The lowest BCUT2D eigenvalue weighted by Crippen LogP contribution is -2.56. The van der Waals surface area contributed by atoms with Gasteiger partial charge in [-0.2, -0.15) is 5.10 Å². The highest BCUT2D eigenvalue weighted by Crippen LogP contribution is 2.21. The number of rotatable bonds is 7. The highest BCUT2D eigenvalue weighted by atomic mass is 16.5. The van der Waals surface area contributed by atoms with E-state index in [-0.39, 0.29) is 42.1 Å². The highest BCUT2D eigenvalue weighted by Gasteiger charge is 2.31. The van der Waals surface area contributed by atoms with E-state index in [1.807, 2.05) is 5.01 Å². The Morgan fingerprint density at radius 2 is 1.69 bits per heavy atom. The Kier molecular flexibility index (Phi) is 6.69. The van der Waals surface area contributed by atoms with Crippen LogP contribution in [0, 0.1) is 0 Å². The number of benzene rings is 1. The van der Waals surface area contributed by atoms with Crippen molar-refractivity contribution in [3.8, 4) is 11.4 Å². The normalized spacial score (nSPS) is 19.5. The maximum atomic E-state index is 13.3. The van der Waals surface area contributed by atoms with E-state index in [0.717, 1.165) is 12.8 Å². The molecule has 0 radical (unpaired) electrons. The van der Waals surface area contributed by atoms with Crippen LogP contribution in [0.3, 0.4) is 0 Å². The number of aromatic nitrogens is 2. The lowest BCUT2D eigenvalue weighted by atomic mass is 10.1. The lowest BCUT2D eigenvalue weighted by molar-refractivity contribution is -0.167. The Labute approximate surface area is 203 Å². The molecule has 2 saturated heterocycles. The lowest BCUT2D eigenvalue weighted by Gasteiger charge is -2.41. The molecule has 1 aromatic carbocycles. The first kappa shape index (κ1) is 23.3. The fourth-order valence-electron chi connectivity index (χ4n) is 4.38. The van der Waals surface area contributed by atoms with Gasteiger partial charge in [-0.15, -0.1) is 0 Å². The molecule has 0 atom stereocenters. The van der Waals surface area contributed by atoms with Gasteiger partial charge >= 0.3 is 0 Å². The van der Waals surface area contributed by atoms with Crippen LogP contribution in [0.15, 0.2) is 30.3 Å². The van der Waals surface area contributed by atoms with E-state index in [4.69, 9.17) is 9.47 Å². The van der Waals surface area contributed by atoms with Crippen LogP contribution < -0.4 is 15.4 Å². The van der Waals surface area contributed by atoms with Crippen molar-refractivity contribution >= 4 is 17.7 Å². The van der Waals surface area contributed by atoms with Crippen molar-refractivity contribution in [2.45, 2.75) is 37.8 Å². The molecule has 5 rings (SSSR count). The molecule has 35 heavy (non-hydrogen) atoms. The van der Waals surface area contributed by atoms with Crippen LogP contribution >= 0.6 is 0 Å². The summed E-state index contributed by atoms with van der Waals surface area (Å²) in [4.78, 5) is 38.1. The second kappa shape index (κ2) is 10.0. The fraction of sp³-hybridized carbons (Fsp3) is 0.500. The Hall–Kier alpha value is -3.44. The molecule has 2 N–H and O–H groups in total. The molecule has 3 heterocycles. The fourth-order valence-corrected chi connectivity index (χ4v) is 4.38. The molecular formula is C24H30N6O5. The topological polar surface area (TPSA) is 118 Å². The summed E-state index contributed by atoms with van der Waals surface area (Å²) >= 11 is 0. The van der Waals surface area contributed by atoms with Gasteiger partial charge in [0.1, 0.15) is 18.1 Å². The van der Waals surface area contributed by atoms with Crippen LogP contribution in [0.5, 0.6) is 5.75 Å². The number of carbonyl (C=O) groups is 3. The molecule has 1 aromatic heterocycles. The van der Waals surface area contributed by atoms with Gasteiger partial charge in [0.2, 0.25) is 0 Å². The van der Waals surface area contributed by atoms with Crippen molar-refractivity contribution in [3.05, 3.63) is 41.7 Å². The number of hydrazine groups is 1. The van der Waals surface area contributed by atoms with Crippen LogP contribution in [0.2, 0.25) is 0 Å². The second-order valence-corrected chi connectivity index (χ2v) is 9.04. The van der Waals surface area contributed by atoms with Gasteiger partial charge in [0, 0.05) is 31.2 Å². The van der Waals surface area contributed by atoms with Gasteiger partial charge in [-0.05, 0) is 49.9 Å². The van der Waals surface area contributed by atoms with Gasteiger partial charge < -0.3 is 20.1 Å². The predicted molar refractivity (Wildman–Crippen MR) is 125 cm³/mol. The minimum absolute atomic E-state index is 0.0286. The number of nitrogens with zero attached hydrogens (tertiary/aromatic N) is 4. The standard InChI is InChI=1S/C24H30N6O5/c1-34-19-6-4-18(5-7-19)30-21(14-20(27-30)23(32)25-16-2-3-16)24(33)26-17-8-10-28(11-9-17)29-12-13-35-15-22(29)31/h4-7,14,16-17H,2-3,8-13,15H2,1H3,(H,25,32)(H,26,33). The van der Waals surface area contributed by atoms with Crippen molar-refractivity contribution < 1.29 is 23.9 Å². The zero-order chi connectivity index (χ0) is 24.4. The maximum absolute atomic E-state index is 13.3. The molecule has 11 nitrogen and oxygen atoms in total. The summed E-state index contributed by atoms with van der Waals surface area (Å²) in [5.74, 6) is 0.0836.